The monoisotopic (exact) mass is 267 g/mol. The van der Waals surface area contributed by atoms with Crippen molar-refractivity contribution in [2.24, 2.45) is 5.73 Å². The lowest BCUT2D eigenvalue weighted by Crippen LogP contribution is -2.60. The van der Waals surface area contributed by atoms with Crippen LogP contribution in [-0.2, 0) is 13.3 Å². The van der Waals surface area contributed by atoms with Gasteiger partial charge < -0.3 is 24.1 Å². The van der Waals surface area contributed by atoms with Gasteiger partial charge in [-0.25, -0.2) is 0 Å². The van der Waals surface area contributed by atoms with E-state index in [1.165, 1.54) is 0 Å². The Labute approximate surface area is 107 Å². The first-order valence-electron chi connectivity index (χ1n) is 6.36. The number of aliphatic hydroxyl groups is 1. The maximum atomic E-state index is 7.57. The van der Waals surface area contributed by atoms with E-state index in [9.17, 15) is 0 Å². The first-order chi connectivity index (χ1) is 8.08. The van der Waals surface area contributed by atoms with Gasteiger partial charge in [-0.15, -0.1) is 0 Å². The van der Waals surface area contributed by atoms with Gasteiger partial charge in [0, 0.05) is 26.4 Å². The lowest BCUT2D eigenvalue weighted by atomic mass is 10.5. The first kappa shape index (κ1) is 19.4. The van der Waals surface area contributed by atoms with Crippen LogP contribution in [0.2, 0.25) is 0 Å². The lowest BCUT2D eigenvalue weighted by Gasteiger charge is -2.32. The van der Waals surface area contributed by atoms with Crippen LogP contribution < -0.4 is 5.73 Å². The Morgan fingerprint density at radius 3 is 1.41 bits per heavy atom. The molecule has 1 unspecified atom stereocenters. The van der Waals surface area contributed by atoms with Crippen molar-refractivity contribution in [2.75, 3.05) is 26.4 Å². The molecule has 0 amide bonds. The van der Waals surface area contributed by atoms with E-state index in [2.05, 4.69) is 0 Å². The van der Waals surface area contributed by atoms with Gasteiger partial charge in [-0.2, -0.15) is 0 Å². The Morgan fingerprint density at radius 1 is 0.941 bits per heavy atom. The Hall–Kier alpha value is 0.0169. The molecule has 17 heavy (non-hydrogen) atoms. The molecule has 0 aliphatic rings. The summed E-state index contributed by atoms with van der Waals surface area (Å²) in [5.41, 5.74) is 5.87. The maximum absolute atomic E-state index is 7.57. The molecule has 3 N–H and O–H groups in total. The minimum absolute atomic E-state index is 0.123. The molecule has 0 aliphatic heterocycles. The summed E-state index contributed by atoms with van der Waals surface area (Å²) in [6.07, 6.45) is 0.812. The third-order valence-corrected chi connectivity index (χ3v) is 5.32. The largest absolute Gasteiger partial charge is 0.518 e. The second-order valence-electron chi connectivity index (χ2n) is 3.23. The Morgan fingerprint density at radius 2 is 1.24 bits per heavy atom. The van der Waals surface area contributed by atoms with Crippen molar-refractivity contribution in [3.63, 3.8) is 0 Å². The number of hydrogen-bond donors (Lipinski definition) is 2. The Kier molecular flexibility index (Phi) is 14.2. The van der Waals surface area contributed by atoms with E-state index in [4.69, 9.17) is 24.1 Å². The highest BCUT2D eigenvalue weighted by Crippen LogP contribution is 2.15. The molecule has 0 spiro atoms. The fourth-order valence-electron chi connectivity index (χ4n) is 1.30. The van der Waals surface area contributed by atoms with E-state index in [1.54, 1.807) is 6.92 Å². The molecular weight excluding hydrogens is 238 g/mol. The van der Waals surface area contributed by atoms with Crippen LogP contribution in [0, 0.1) is 0 Å². The average molecular weight is 267 g/mol. The zero-order valence-corrected chi connectivity index (χ0v) is 12.9. The van der Waals surface area contributed by atoms with Gasteiger partial charge in [0.25, 0.3) is 0 Å². The molecule has 0 saturated carbocycles. The maximum Gasteiger partial charge on any atom is 0.518 e. The van der Waals surface area contributed by atoms with Gasteiger partial charge in [0.2, 0.25) is 0 Å². The van der Waals surface area contributed by atoms with Crippen LogP contribution in [-0.4, -0.2) is 46.0 Å². The second-order valence-corrected chi connectivity index (χ2v) is 6.05. The number of hydrogen-bond acceptors (Lipinski definition) is 5. The SMILES string of the molecule is CCO.CCO[Si](OCC)(OCC)C(N)CC. The van der Waals surface area contributed by atoms with Crippen molar-refractivity contribution in [2.45, 2.75) is 46.7 Å². The highest BCUT2D eigenvalue weighted by Gasteiger charge is 2.46. The normalized spacial score (nSPS) is 12.9. The molecular formula is C11H29NO4Si. The average Bonchev–Trinajstić information content (AvgIpc) is 2.30. The predicted octanol–water partition coefficient (Wildman–Crippen LogP) is 1.31. The molecule has 0 saturated heterocycles. The standard InChI is InChI=1S/C9H23NO3Si.C2H6O/c1-5-9(10)14(11-6-2,12-7-3)13-8-4;1-2-3/h9H,5-8,10H2,1-4H3;3H,2H2,1H3. The van der Waals surface area contributed by atoms with Crippen molar-refractivity contribution in [1.29, 1.82) is 0 Å². The molecule has 6 heteroatoms. The van der Waals surface area contributed by atoms with Gasteiger partial charge in [0.1, 0.15) is 0 Å². The summed E-state index contributed by atoms with van der Waals surface area (Å²) in [5, 5.41) is 7.57. The summed E-state index contributed by atoms with van der Waals surface area (Å²) < 4.78 is 16.9. The van der Waals surface area contributed by atoms with Crippen molar-refractivity contribution in [3.8, 4) is 0 Å². The second kappa shape index (κ2) is 12.5. The van der Waals surface area contributed by atoms with E-state index < -0.39 is 8.80 Å². The van der Waals surface area contributed by atoms with Crippen molar-refractivity contribution < 1.29 is 18.4 Å². The molecule has 5 nitrogen and oxygen atoms in total. The van der Waals surface area contributed by atoms with E-state index in [-0.39, 0.29) is 12.3 Å². The fraction of sp³-hybridized carbons (Fsp3) is 1.00. The number of aliphatic hydroxyl groups excluding tert-OH is 1. The van der Waals surface area contributed by atoms with Crippen molar-refractivity contribution in [3.05, 3.63) is 0 Å². The summed E-state index contributed by atoms with van der Waals surface area (Å²) in [6, 6.07) is 0. The van der Waals surface area contributed by atoms with Gasteiger partial charge in [-0.05, 0) is 34.1 Å². The molecule has 0 fully saturated rings. The van der Waals surface area contributed by atoms with Crippen molar-refractivity contribution >= 4 is 8.80 Å². The van der Waals surface area contributed by atoms with Crippen LogP contribution in [0.5, 0.6) is 0 Å². The smallest absolute Gasteiger partial charge is 0.397 e. The van der Waals surface area contributed by atoms with E-state index >= 15 is 0 Å². The summed E-state index contributed by atoms with van der Waals surface area (Å²) in [7, 11) is -2.62. The molecule has 0 radical (unpaired) electrons. The lowest BCUT2D eigenvalue weighted by molar-refractivity contribution is 0.0618. The van der Waals surface area contributed by atoms with E-state index in [0.29, 0.717) is 19.8 Å². The van der Waals surface area contributed by atoms with Crippen LogP contribution >= 0.6 is 0 Å². The third kappa shape index (κ3) is 7.85. The summed E-state index contributed by atoms with van der Waals surface area (Å²) in [5.74, 6) is 0. The van der Waals surface area contributed by atoms with Crippen LogP contribution in [0.1, 0.15) is 41.0 Å². The molecule has 0 heterocycles. The van der Waals surface area contributed by atoms with Gasteiger partial charge in [-0.1, -0.05) is 6.92 Å². The topological polar surface area (TPSA) is 73.9 Å². The zero-order chi connectivity index (χ0) is 13.7. The Bertz CT molecular complexity index is 143. The fourth-order valence-corrected chi connectivity index (χ4v) is 3.90. The van der Waals surface area contributed by atoms with Gasteiger partial charge >= 0.3 is 8.80 Å². The Balaban J connectivity index is 0. The van der Waals surface area contributed by atoms with Crippen LogP contribution in [0.15, 0.2) is 0 Å². The molecule has 0 aliphatic carbocycles. The molecule has 0 aromatic rings. The van der Waals surface area contributed by atoms with Crippen LogP contribution in [0.3, 0.4) is 0 Å². The highest BCUT2D eigenvalue weighted by atomic mass is 28.4. The molecule has 1 atom stereocenters. The van der Waals surface area contributed by atoms with Crippen molar-refractivity contribution in [1.82, 2.24) is 0 Å². The summed E-state index contributed by atoms with van der Waals surface area (Å²) >= 11 is 0. The predicted molar refractivity (Wildman–Crippen MR) is 71.7 cm³/mol. The molecule has 106 valence electrons. The molecule has 0 rings (SSSR count). The quantitative estimate of drug-likeness (QED) is 0.649. The number of nitrogens with two attached hydrogens (primary N) is 1. The van der Waals surface area contributed by atoms with Crippen LogP contribution in [0.4, 0.5) is 0 Å². The number of rotatable bonds is 8. The molecule has 0 bridgehead atoms. The van der Waals surface area contributed by atoms with Gasteiger partial charge in [0.05, 0.1) is 5.67 Å². The minimum atomic E-state index is -2.62. The first-order valence-corrected chi connectivity index (χ1v) is 8.16. The van der Waals surface area contributed by atoms with Gasteiger partial charge in [-0.3, -0.25) is 0 Å². The summed E-state index contributed by atoms with van der Waals surface area (Å²) in [4.78, 5) is 0. The minimum Gasteiger partial charge on any atom is -0.397 e. The van der Waals surface area contributed by atoms with E-state index in [0.717, 1.165) is 6.42 Å². The zero-order valence-electron chi connectivity index (χ0n) is 11.9. The summed E-state index contributed by atoms with van der Waals surface area (Å²) in [6.45, 7) is 11.5. The van der Waals surface area contributed by atoms with Gasteiger partial charge in [0.15, 0.2) is 0 Å². The third-order valence-electron chi connectivity index (χ3n) is 1.93. The highest BCUT2D eigenvalue weighted by molar-refractivity contribution is 6.62. The van der Waals surface area contributed by atoms with E-state index in [1.807, 2.05) is 27.7 Å². The molecule has 0 aromatic heterocycles. The molecule has 0 aromatic carbocycles. The van der Waals surface area contributed by atoms with Crippen LogP contribution in [0.25, 0.3) is 0 Å².